The molecule has 1 aliphatic heterocycles. The highest BCUT2D eigenvalue weighted by Crippen LogP contribution is 2.35. The first-order chi connectivity index (χ1) is 15.7. The Morgan fingerprint density at radius 1 is 0.812 bits per heavy atom. The average Bonchev–Trinajstić information content (AvgIpc) is 3.53. The maximum absolute atomic E-state index is 4.62. The number of nitrogens with zero attached hydrogens (tertiary/aromatic N) is 7. The van der Waals surface area contributed by atoms with Gasteiger partial charge in [0.1, 0.15) is 0 Å². The first-order valence-electron chi connectivity index (χ1n) is 12.7. The van der Waals surface area contributed by atoms with E-state index < -0.39 is 0 Å². The molecule has 7 nitrogen and oxygen atoms in total. The van der Waals surface area contributed by atoms with Crippen LogP contribution in [0.2, 0.25) is 0 Å². The van der Waals surface area contributed by atoms with E-state index in [-0.39, 0.29) is 6.04 Å². The van der Waals surface area contributed by atoms with E-state index in [0.717, 1.165) is 38.0 Å². The molecule has 1 atom stereocenters. The van der Waals surface area contributed by atoms with Crippen molar-refractivity contribution in [1.29, 1.82) is 0 Å². The molecule has 5 rings (SSSR count). The molecular formula is C25H39N7. The molecule has 0 bridgehead atoms. The minimum Gasteiger partial charge on any atom is -0.378 e. The second-order valence-corrected chi connectivity index (χ2v) is 10.2. The van der Waals surface area contributed by atoms with E-state index >= 15 is 0 Å². The first-order valence-corrected chi connectivity index (χ1v) is 12.7. The SMILES string of the molecule is CN(C)c1ccc(C(c2nnnn2C2CCCC2)N2CCN(C3CCCCC3)CC2)cc1. The topological polar surface area (TPSA) is 53.3 Å². The molecule has 7 heteroatoms. The van der Waals surface area contributed by atoms with Crippen LogP contribution in [-0.2, 0) is 0 Å². The maximum Gasteiger partial charge on any atom is 0.173 e. The Hall–Kier alpha value is -1.99. The van der Waals surface area contributed by atoms with Crippen molar-refractivity contribution in [2.24, 2.45) is 0 Å². The van der Waals surface area contributed by atoms with Crippen molar-refractivity contribution >= 4 is 5.69 Å². The van der Waals surface area contributed by atoms with Gasteiger partial charge in [0.25, 0.3) is 0 Å². The van der Waals surface area contributed by atoms with Crippen LogP contribution in [0.1, 0.15) is 81.3 Å². The highest BCUT2D eigenvalue weighted by molar-refractivity contribution is 5.47. The molecular weight excluding hydrogens is 398 g/mol. The summed E-state index contributed by atoms with van der Waals surface area (Å²) in [6.45, 7) is 4.46. The summed E-state index contributed by atoms with van der Waals surface area (Å²) in [5.41, 5.74) is 2.53. The van der Waals surface area contributed by atoms with E-state index in [1.54, 1.807) is 0 Å². The summed E-state index contributed by atoms with van der Waals surface area (Å²) in [7, 11) is 4.19. The van der Waals surface area contributed by atoms with Crippen LogP contribution in [0.25, 0.3) is 0 Å². The van der Waals surface area contributed by atoms with Crippen molar-refractivity contribution in [1.82, 2.24) is 30.0 Å². The highest BCUT2D eigenvalue weighted by atomic mass is 15.6. The Balaban J connectivity index is 1.40. The second kappa shape index (κ2) is 9.87. The zero-order chi connectivity index (χ0) is 21.9. The van der Waals surface area contributed by atoms with Crippen LogP contribution in [-0.4, -0.2) is 76.3 Å². The molecule has 0 radical (unpaired) electrons. The van der Waals surface area contributed by atoms with Crippen LogP contribution in [0.5, 0.6) is 0 Å². The third-order valence-corrected chi connectivity index (χ3v) is 7.96. The van der Waals surface area contributed by atoms with Crippen LogP contribution >= 0.6 is 0 Å². The van der Waals surface area contributed by atoms with Gasteiger partial charge >= 0.3 is 0 Å². The van der Waals surface area contributed by atoms with E-state index in [4.69, 9.17) is 0 Å². The minimum atomic E-state index is 0.121. The molecule has 2 heterocycles. The zero-order valence-electron chi connectivity index (χ0n) is 19.9. The predicted molar refractivity (Wildman–Crippen MR) is 128 cm³/mol. The van der Waals surface area contributed by atoms with Gasteiger partial charge in [-0.05, 0) is 53.8 Å². The van der Waals surface area contributed by atoms with Gasteiger partial charge in [0.05, 0.1) is 12.1 Å². The number of rotatable bonds is 6. The molecule has 1 saturated heterocycles. The van der Waals surface area contributed by atoms with Crippen LogP contribution in [0.15, 0.2) is 24.3 Å². The number of hydrogen-bond donors (Lipinski definition) is 0. The van der Waals surface area contributed by atoms with Gasteiger partial charge in [-0.15, -0.1) is 5.10 Å². The van der Waals surface area contributed by atoms with Crippen molar-refractivity contribution in [3.8, 4) is 0 Å². The zero-order valence-corrected chi connectivity index (χ0v) is 19.9. The quantitative estimate of drug-likeness (QED) is 0.683. The van der Waals surface area contributed by atoms with Crippen molar-refractivity contribution in [3.63, 3.8) is 0 Å². The number of anilines is 1. The number of aromatic nitrogens is 4. The molecule has 174 valence electrons. The van der Waals surface area contributed by atoms with Crippen LogP contribution in [0.3, 0.4) is 0 Å². The molecule has 2 aliphatic carbocycles. The molecule has 2 saturated carbocycles. The lowest BCUT2D eigenvalue weighted by molar-refractivity contribution is 0.0615. The molecule has 3 aliphatic rings. The average molecular weight is 438 g/mol. The molecule has 0 spiro atoms. The summed E-state index contributed by atoms with van der Waals surface area (Å²) >= 11 is 0. The van der Waals surface area contributed by atoms with Crippen LogP contribution in [0.4, 0.5) is 5.69 Å². The smallest absolute Gasteiger partial charge is 0.173 e. The first kappa shape index (κ1) is 21.8. The minimum absolute atomic E-state index is 0.121. The van der Waals surface area contributed by atoms with E-state index in [1.807, 2.05) is 0 Å². The summed E-state index contributed by atoms with van der Waals surface area (Å²) in [6, 6.07) is 10.4. The van der Waals surface area contributed by atoms with Gasteiger partial charge in [0, 0.05) is 52.0 Å². The van der Waals surface area contributed by atoms with Gasteiger partial charge in [-0.3, -0.25) is 9.80 Å². The Morgan fingerprint density at radius 3 is 2.09 bits per heavy atom. The van der Waals surface area contributed by atoms with Gasteiger partial charge in [-0.2, -0.15) is 0 Å². The molecule has 1 aromatic heterocycles. The third kappa shape index (κ3) is 4.55. The lowest BCUT2D eigenvalue weighted by Gasteiger charge is -2.43. The van der Waals surface area contributed by atoms with Crippen molar-refractivity contribution < 1.29 is 0 Å². The Kier molecular flexibility index (Phi) is 6.74. The third-order valence-electron chi connectivity index (χ3n) is 7.96. The summed E-state index contributed by atoms with van der Waals surface area (Å²) in [5, 5.41) is 13.3. The van der Waals surface area contributed by atoms with Crippen molar-refractivity contribution in [2.75, 3.05) is 45.2 Å². The largest absolute Gasteiger partial charge is 0.378 e. The monoisotopic (exact) mass is 437 g/mol. The maximum atomic E-state index is 4.62. The molecule has 0 amide bonds. The van der Waals surface area contributed by atoms with Gasteiger partial charge in [0.15, 0.2) is 5.82 Å². The number of piperazine rings is 1. The molecule has 32 heavy (non-hydrogen) atoms. The Bertz CT molecular complexity index is 841. The van der Waals surface area contributed by atoms with Gasteiger partial charge in [-0.25, -0.2) is 4.68 Å². The molecule has 1 aromatic carbocycles. The summed E-state index contributed by atoms with van der Waals surface area (Å²) < 4.78 is 2.16. The fraction of sp³-hybridized carbons (Fsp3) is 0.720. The fourth-order valence-electron chi connectivity index (χ4n) is 6.07. The van der Waals surface area contributed by atoms with Crippen LogP contribution in [0, 0.1) is 0 Å². The Labute approximate surface area is 192 Å². The molecule has 0 N–H and O–H groups in total. The number of hydrogen-bond acceptors (Lipinski definition) is 6. The van der Waals surface area contributed by atoms with Gasteiger partial charge < -0.3 is 4.90 Å². The lowest BCUT2D eigenvalue weighted by Crippen LogP contribution is -2.52. The summed E-state index contributed by atoms with van der Waals surface area (Å²) in [4.78, 5) is 7.53. The van der Waals surface area contributed by atoms with Crippen LogP contribution < -0.4 is 4.90 Å². The standard InChI is InChI=1S/C25H39N7/c1-29(2)21-14-12-20(13-15-21)24(25-26-27-28-32(25)23-10-6-7-11-23)31-18-16-30(17-19-31)22-8-4-3-5-9-22/h12-15,22-24H,3-11,16-19H2,1-2H3. The predicted octanol–water partition coefficient (Wildman–Crippen LogP) is 3.89. The highest BCUT2D eigenvalue weighted by Gasteiger charge is 2.34. The molecule has 2 aromatic rings. The van der Waals surface area contributed by atoms with E-state index in [1.165, 1.54) is 69.0 Å². The van der Waals surface area contributed by atoms with E-state index in [9.17, 15) is 0 Å². The van der Waals surface area contributed by atoms with Crippen molar-refractivity contribution in [2.45, 2.75) is 75.9 Å². The normalized spacial score (nSPS) is 22.9. The fourth-order valence-corrected chi connectivity index (χ4v) is 6.07. The molecule has 3 fully saturated rings. The lowest BCUT2D eigenvalue weighted by atomic mass is 9.93. The second-order valence-electron chi connectivity index (χ2n) is 10.2. The summed E-state index contributed by atoms with van der Waals surface area (Å²) in [5.74, 6) is 1.03. The van der Waals surface area contributed by atoms with Gasteiger partial charge in [-0.1, -0.05) is 44.2 Å². The van der Waals surface area contributed by atoms with E-state index in [0.29, 0.717) is 6.04 Å². The molecule has 1 unspecified atom stereocenters. The van der Waals surface area contributed by atoms with Gasteiger partial charge in [0.2, 0.25) is 0 Å². The Morgan fingerprint density at radius 2 is 1.44 bits per heavy atom. The summed E-state index contributed by atoms with van der Waals surface area (Å²) in [6.07, 6.45) is 12.0. The van der Waals surface area contributed by atoms with E-state index in [2.05, 4.69) is 73.3 Å². The number of tetrazole rings is 1. The van der Waals surface area contributed by atoms with Crippen molar-refractivity contribution in [3.05, 3.63) is 35.7 Å². The number of benzene rings is 1.